The van der Waals surface area contributed by atoms with Gasteiger partial charge in [-0.25, -0.2) is 9.67 Å². The summed E-state index contributed by atoms with van der Waals surface area (Å²) in [6, 6.07) is 15.9. The molecule has 1 N–H and O–H groups in total. The van der Waals surface area contributed by atoms with Gasteiger partial charge in [0.25, 0.3) is 0 Å². The molecule has 3 heterocycles. The second-order valence-corrected chi connectivity index (χ2v) is 7.50. The third-order valence-corrected chi connectivity index (χ3v) is 5.74. The molecule has 1 amide bonds. The van der Waals surface area contributed by atoms with Gasteiger partial charge in [0.15, 0.2) is 0 Å². The fourth-order valence-electron chi connectivity index (χ4n) is 3.11. The lowest BCUT2D eigenvalue weighted by molar-refractivity contribution is -0.118. The van der Waals surface area contributed by atoms with Crippen molar-refractivity contribution in [3.05, 3.63) is 78.0 Å². The average molecular weight is 392 g/mol. The van der Waals surface area contributed by atoms with E-state index in [1.807, 2.05) is 83.9 Å². The molecular formula is C21H21N5OS. The summed E-state index contributed by atoms with van der Waals surface area (Å²) < 4.78 is 3.87. The highest BCUT2D eigenvalue weighted by molar-refractivity contribution is 8.00. The Labute approximate surface area is 167 Å². The van der Waals surface area contributed by atoms with Gasteiger partial charge in [-0.05, 0) is 38.1 Å². The molecule has 0 radical (unpaired) electrons. The van der Waals surface area contributed by atoms with Crippen LogP contribution in [-0.2, 0) is 11.3 Å². The van der Waals surface area contributed by atoms with E-state index < -0.39 is 0 Å². The van der Waals surface area contributed by atoms with Gasteiger partial charge in [0.2, 0.25) is 5.91 Å². The molecule has 0 fully saturated rings. The van der Waals surface area contributed by atoms with Gasteiger partial charge >= 0.3 is 0 Å². The predicted octanol–water partition coefficient (Wildman–Crippen LogP) is 3.55. The number of benzene rings is 1. The molecule has 0 aliphatic heterocycles. The van der Waals surface area contributed by atoms with Gasteiger partial charge in [-0.2, -0.15) is 5.10 Å². The number of nitrogens with zero attached hydrogens (tertiary/aromatic N) is 4. The molecule has 0 saturated heterocycles. The van der Waals surface area contributed by atoms with Gasteiger partial charge in [-0.3, -0.25) is 4.79 Å². The Morgan fingerprint density at radius 2 is 1.89 bits per heavy atom. The predicted molar refractivity (Wildman–Crippen MR) is 111 cm³/mol. The summed E-state index contributed by atoms with van der Waals surface area (Å²) >= 11 is 1.52. The van der Waals surface area contributed by atoms with Crippen molar-refractivity contribution in [3.63, 3.8) is 0 Å². The van der Waals surface area contributed by atoms with Crippen LogP contribution in [0.2, 0.25) is 0 Å². The van der Waals surface area contributed by atoms with Crippen molar-refractivity contribution < 1.29 is 4.79 Å². The van der Waals surface area contributed by atoms with Gasteiger partial charge in [0.05, 0.1) is 40.0 Å². The lowest BCUT2D eigenvalue weighted by atomic mass is 10.3. The van der Waals surface area contributed by atoms with Crippen molar-refractivity contribution in [2.45, 2.75) is 25.3 Å². The molecule has 6 nitrogen and oxygen atoms in total. The van der Waals surface area contributed by atoms with Gasteiger partial charge in [-0.1, -0.05) is 24.3 Å². The molecule has 28 heavy (non-hydrogen) atoms. The van der Waals surface area contributed by atoms with Crippen LogP contribution in [0.4, 0.5) is 0 Å². The van der Waals surface area contributed by atoms with Crippen molar-refractivity contribution in [2.75, 3.05) is 5.75 Å². The highest BCUT2D eigenvalue weighted by atomic mass is 32.2. The standard InChI is InChI=1S/C21H21N5OS/c1-15-21(16(2)26(24-15)18-8-4-3-5-9-18)28-14-20(27)22-12-17-13-25-11-7-6-10-19(25)23-17/h3-11,13H,12,14H2,1-2H3,(H,22,27). The highest BCUT2D eigenvalue weighted by Crippen LogP contribution is 2.27. The molecular weight excluding hydrogens is 370 g/mol. The van der Waals surface area contributed by atoms with Gasteiger partial charge in [-0.15, -0.1) is 11.8 Å². The quantitative estimate of drug-likeness (QED) is 0.511. The van der Waals surface area contributed by atoms with Crippen LogP contribution in [0.5, 0.6) is 0 Å². The topological polar surface area (TPSA) is 64.2 Å². The van der Waals surface area contributed by atoms with Crippen molar-refractivity contribution >= 4 is 23.3 Å². The normalized spacial score (nSPS) is 11.1. The molecule has 4 rings (SSSR count). The van der Waals surface area contributed by atoms with Gasteiger partial charge in [0.1, 0.15) is 5.65 Å². The summed E-state index contributed by atoms with van der Waals surface area (Å²) in [5, 5.41) is 7.57. The molecule has 3 aromatic heterocycles. The number of aryl methyl sites for hydroxylation is 1. The Balaban J connectivity index is 1.37. The van der Waals surface area contributed by atoms with Crippen LogP contribution in [-0.4, -0.2) is 30.8 Å². The molecule has 0 atom stereocenters. The lowest BCUT2D eigenvalue weighted by Gasteiger charge is -2.06. The van der Waals surface area contributed by atoms with E-state index in [0.29, 0.717) is 12.3 Å². The monoisotopic (exact) mass is 391 g/mol. The van der Waals surface area contributed by atoms with Crippen LogP contribution < -0.4 is 5.32 Å². The number of nitrogens with one attached hydrogen (secondary N) is 1. The van der Waals surface area contributed by atoms with Crippen molar-refractivity contribution in [3.8, 4) is 5.69 Å². The van der Waals surface area contributed by atoms with Crippen molar-refractivity contribution in [2.24, 2.45) is 0 Å². The van der Waals surface area contributed by atoms with Crippen molar-refractivity contribution in [1.29, 1.82) is 0 Å². The van der Waals surface area contributed by atoms with Crippen LogP contribution in [0.1, 0.15) is 17.1 Å². The average Bonchev–Trinajstić information content (AvgIpc) is 3.26. The van der Waals surface area contributed by atoms with Gasteiger partial charge < -0.3 is 9.72 Å². The maximum Gasteiger partial charge on any atom is 0.230 e. The summed E-state index contributed by atoms with van der Waals surface area (Å²) in [4.78, 5) is 17.9. The van der Waals surface area contributed by atoms with Crippen LogP contribution in [0.25, 0.3) is 11.3 Å². The minimum Gasteiger partial charge on any atom is -0.350 e. The van der Waals surface area contributed by atoms with Crippen molar-refractivity contribution in [1.82, 2.24) is 24.5 Å². The summed E-state index contributed by atoms with van der Waals surface area (Å²) in [7, 11) is 0. The molecule has 7 heteroatoms. The Morgan fingerprint density at radius 1 is 1.11 bits per heavy atom. The lowest BCUT2D eigenvalue weighted by Crippen LogP contribution is -2.24. The van der Waals surface area contributed by atoms with E-state index in [1.165, 1.54) is 11.8 Å². The highest BCUT2D eigenvalue weighted by Gasteiger charge is 2.15. The van der Waals surface area contributed by atoms with E-state index >= 15 is 0 Å². The van der Waals surface area contributed by atoms with E-state index in [4.69, 9.17) is 0 Å². The SMILES string of the molecule is Cc1nn(-c2ccccc2)c(C)c1SCC(=O)NCc1cn2ccccc2n1. The number of aromatic nitrogens is 4. The largest absolute Gasteiger partial charge is 0.350 e. The second-order valence-electron chi connectivity index (χ2n) is 6.51. The third-order valence-electron chi connectivity index (χ3n) is 4.45. The molecule has 142 valence electrons. The number of carbonyl (C=O) groups excluding carboxylic acids is 1. The third kappa shape index (κ3) is 3.80. The summed E-state index contributed by atoms with van der Waals surface area (Å²) in [6.07, 6.45) is 3.88. The second kappa shape index (κ2) is 7.90. The van der Waals surface area contributed by atoms with Crippen LogP contribution in [0, 0.1) is 13.8 Å². The number of hydrogen-bond acceptors (Lipinski definition) is 4. The molecule has 0 aliphatic rings. The van der Waals surface area contributed by atoms with E-state index in [2.05, 4.69) is 15.4 Å². The smallest absolute Gasteiger partial charge is 0.230 e. The number of carbonyl (C=O) groups is 1. The molecule has 4 aromatic rings. The zero-order chi connectivity index (χ0) is 19.5. The molecule has 0 spiro atoms. The fourth-order valence-corrected chi connectivity index (χ4v) is 4.03. The van der Waals surface area contributed by atoms with Crippen LogP contribution >= 0.6 is 11.8 Å². The molecule has 0 unspecified atom stereocenters. The zero-order valence-corrected chi connectivity index (χ0v) is 16.6. The maximum absolute atomic E-state index is 12.3. The maximum atomic E-state index is 12.3. The minimum atomic E-state index is -0.0201. The fraction of sp³-hybridized carbons (Fsp3) is 0.190. The first kappa shape index (κ1) is 18.3. The van der Waals surface area contributed by atoms with E-state index in [0.717, 1.165) is 33.3 Å². The molecule has 1 aromatic carbocycles. The van der Waals surface area contributed by atoms with Crippen LogP contribution in [0.15, 0.2) is 65.8 Å². The number of imidazole rings is 1. The first-order chi connectivity index (χ1) is 13.6. The molecule has 0 saturated carbocycles. The molecule has 0 bridgehead atoms. The Morgan fingerprint density at radius 3 is 2.68 bits per heavy atom. The summed E-state index contributed by atoms with van der Waals surface area (Å²) in [6.45, 7) is 4.43. The van der Waals surface area contributed by atoms with Crippen LogP contribution in [0.3, 0.4) is 0 Å². The Bertz CT molecular complexity index is 1080. The number of thioether (sulfide) groups is 1. The zero-order valence-electron chi connectivity index (χ0n) is 15.8. The number of para-hydroxylation sites is 1. The first-order valence-electron chi connectivity index (χ1n) is 9.05. The molecule has 0 aliphatic carbocycles. The first-order valence-corrected chi connectivity index (χ1v) is 10.0. The Kier molecular flexibility index (Phi) is 5.16. The van der Waals surface area contributed by atoms with E-state index in [1.54, 1.807) is 0 Å². The number of fused-ring (bicyclic) bond motifs is 1. The number of amides is 1. The summed E-state index contributed by atoms with van der Waals surface area (Å²) in [5.41, 5.74) is 4.71. The number of hydrogen-bond donors (Lipinski definition) is 1. The summed E-state index contributed by atoms with van der Waals surface area (Å²) in [5.74, 6) is 0.323. The Hall–Kier alpha value is -3.06. The van der Waals surface area contributed by atoms with E-state index in [-0.39, 0.29) is 5.91 Å². The van der Waals surface area contributed by atoms with E-state index in [9.17, 15) is 4.79 Å². The number of rotatable bonds is 6. The number of pyridine rings is 1. The van der Waals surface area contributed by atoms with Gasteiger partial charge in [0, 0.05) is 12.4 Å². The minimum absolute atomic E-state index is 0.0201.